The van der Waals surface area contributed by atoms with Gasteiger partial charge in [-0.25, -0.2) is 0 Å². The zero-order valence-electron chi connectivity index (χ0n) is 12.4. The number of nitrogens with zero attached hydrogens (tertiary/aromatic N) is 1. The largest absolute Gasteiger partial charge is 0.326 e. The standard InChI is InChI=1S/C18H24N2/c1-13(2)20-11-5-8-17(19)18(20)16-10-9-14-6-3-4-7-15(14)12-16/h3-4,6-7,9-10,12-13,17-18H,5,8,11,19H2,1-2H3. The molecule has 20 heavy (non-hydrogen) atoms. The molecule has 0 amide bonds. The summed E-state index contributed by atoms with van der Waals surface area (Å²) >= 11 is 0. The molecule has 2 nitrogen and oxygen atoms in total. The highest BCUT2D eigenvalue weighted by atomic mass is 15.2. The Morgan fingerprint density at radius 3 is 2.60 bits per heavy atom. The minimum absolute atomic E-state index is 0.243. The fraction of sp³-hybridized carbons (Fsp3) is 0.444. The summed E-state index contributed by atoms with van der Waals surface area (Å²) in [6, 6.07) is 16.5. The lowest BCUT2D eigenvalue weighted by atomic mass is 9.89. The van der Waals surface area contributed by atoms with Crippen LogP contribution in [0.3, 0.4) is 0 Å². The Morgan fingerprint density at radius 1 is 1.10 bits per heavy atom. The Balaban J connectivity index is 2.02. The molecule has 0 spiro atoms. The van der Waals surface area contributed by atoms with E-state index in [9.17, 15) is 0 Å². The van der Waals surface area contributed by atoms with Crippen LogP contribution in [0, 0.1) is 0 Å². The van der Waals surface area contributed by atoms with Crippen molar-refractivity contribution in [2.75, 3.05) is 6.54 Å². The highest BCUT2D eigenvalue weighted by Gasteiger charge is 2.31. The number of rotatable bonds is 2. The van der Waals surface area contributed by atoms with Crippen LogP contribution < -0.4 is 5.73 Å². The van der Waals surface area contributed by atoms with Gasteiger partial charge in [0.05, 0.1) is 6.04 Å². The highest BCUT2D eigenvalue weighted by Crippen LogP contribution is 2.33. The van der Waals surface area contributed by atoms with Crippen LogP contribution in [0.4, 0.5) is 0 Å². The van der Waals surface area contributed by atoms with E-state index < -0.39 is 0 Å². The number of likely N-dealkylation sites (tertiary alicyclic amines) is 1. The van der Waals surface area contributed by atoms with Gasteiger partial charge in [0.2, 0.25) is 0 Å². The van der Waals surface area contributed by atoms with Crippen molar-refractivity contribution in [3.05, 3.63) is 48.0 Å². The second-order valence-electron chi connectivity index (χ2n) is 6.19. The fourth-order valence-electron chi connectivity index (χ4n) is 3.46. The first-order valence-electron chi connectivity index (χ1n) is 7.67. The molecule has 2 unspecified atom stereocenters. The molecule has 1 heterocycles. The van der Waals surface area contributed by atoms with Crippen LogP contribution in [0.25, 0.3) is 10.8 Å². The monoisotopic (exact) mass is 268 g/mol. The third-order valence-electron chi connectivity index (χ3n) is 4.49. The minimum Gasteiger partial charge on any atom is -0.326 e. The molecular formula is C18H24N2. The number of hydrogen-bond acceptors (Lipinski definition) is 2. The summed E-state index contributed by atoms with van der Waals surface area (Å²) in [6.45, 7) is 5.70. The number of nitrogens with two attached hydrogens (primary N) is 1. The molecule has 2 atom stereocenters. The third-order valence-corrected chi connectivity index (χ3v) is 4.49. The summed E-state index contributed by atoms with van der Waals surface area (Å²) in [4.78, 5) is 2.55. The lowest BCUT2D eigenvalue weighted by Gasteiger charge is -2.42. The van der Waals surface area contributed by atoms with E-state index in [1.807, 2.05) is 0 Å². The second-order valence-corrected chi connectivity index (χ2v) is 6.19. The Hall–Kier alpha value is -1.38. The molecule has 1 aliphatic heterocycles. The van der Waals surface area contributed by atoms with Crippen molar-refractivity contribution in [3.8, 4) is 0 Å². The zero-order chi connectivity index (χ0) is 14.1. The molecule has 2 aromatic carbocycles. The molecule has 0 aromatic heterocycles. The molecule has 2 aromatic rings. The van der Waals surface area contributed by atoms with Gasteiger partial charge in [-0.1, -0.05) is 36.4 Å². The van der Waals surface area contributed by atoms with Crippen molar-refractivity contribution < 1.29 is 0 Å². The van der Waals surface area contributed by atoms with Crippen molar-refractivity contribution in [2.45, 2.75) is 44.8 Å². The first-order valence-corrected chi connectivity index (χ1v) is 7.67. The Bertz CT molecular complexity index is 591. The van der Waals surface area contributed by atoms with Crippen LogP contribution in [0.2, 0.25) is 0 Å². The molecule has 0 saturated carbocycles. The number of benzene rings is 2. The fourth-order valence-corrected chi connectivity index (χ4v) is 3.46. The van der Waals surface area contributed by atoms with E-state index >= 15 is 0 Å². The molecule has 0 bridgehead atoms. The Kier molecular flexibility index (Phi) is 3.77. The first-order chi connectivity index (χ1) is 9.66. The summed E-state index contributed by atoms with van der Waals surface area (Å²) in [5, 5.41) is 2.61. The summed E-state index contributed by atoms with van der Waals surface area (Å²) < 4.78 is 0. The predicted octanol–water partition coefficient (Wildman–Crippen LogP) is 3.71. The summed E-state index contributed by atoms with van der Waals surface area (Å²) in [6.07, 6.45) is 2.34. The Morgan fingerprint density at radius 2 is 1.85 bits per heavy atom. The molecule has 2 heteroatoms. The maximum atomic E-state index is 6.44. The molecule has 0 radical (unpaired) electrons. The van der Waals surface area contributed by atoms with Crippen molar-refractivity contribution in [1.82, 2.24) is 4.90 Å². The highest BCUT2D eigenvalue weighted by molar-refractivity contribution is 5.83. The number of hydrogen-bond donors (Lipinski definition) is 1. The van der Waals surface area contributed by atoms with E-state index in [4.69, 9.17) is 5.73 Å². The van der Waals surface area contributed by atoms with E-state index in [2.05, 4.69) is 61.2 Å². The lowest BCUT2D eigenvalue weighted by Crippen LogP contribution is -2.48. The zero-order valence-corrected chi connectivity index (χ0v) is 12.4. The minimum atomic E-state index is 0.243. The van der Waals surface area contributed by atoms with Gasteiger partial charge >= 0.3 is 0 Å². The van der Waals surface area contributed by atoms with Gasteiger partial charge in [-0.05, 0) is 55.6 Å². The van der Waals surface area contributed by atoms with Crippen LogP contribution in [-0.4, -0.2) is 23.5 Å². The van der Waals surface area contributed by atoms with E-state index in [1.165, 1.54) is 22.8 Å². The smallest absolute Gasteiger partial charge is 0.0502 e. The Labute approximate surface area is 121 Å². The van der Waals surface area contributed by atoms with E-state index in [0.29, 0.717) is 12.1 Å². The van der Waals surface area contributed by atoms with Gasteiger partial charge in [-0.15, -0.1) is 0 Å². The third kappa shape index (κ3) is 2.46. The average Bonchev–Trinajstić information content (AvgIpc) is 2.46. The van der Waals surface area contributed by atoms with Crippen molar-refractivity contribution in [2.24, 2.45) is 5.73 Å². The van der Waals surface area contributed by atoms with E-state index in [-0.39, 0.29) is 6.04 Å². The lowest BCUT2D eigenvalue weighted by molar-refractivity contribution is 0.0948. The normalized spacial score (nSPS) is 24.4. The van der Waals surface area contributed by atoms with Gasteiger partial charge in [-0.3, -0.25) is 4.90 Å². The number of fused-ring (bicyclic) bond motifs is 1. The van der Waals surface area contributed by atoms with Gasteiger partial charge in [0, 0.05) is 12.1 Å². The van der Waals surface area contributed by atoms with E-state index in [1.54, 1.807) is 0 Å². The van der Waals surface area contributed by atoms with Gasteiger partial charge in [-0.2, -0.15) is 0 Å². The van der Waals surface area contributed by atoms with Crippen molar-refractivity contribution in [1.29, 1.82) is 0 Å². The van der Waals surface area contributed by atoms with Crippen LogP contribution in [-0.2, 0) is 0 Å². The van der Waals surface area contributed by atoms with Crippen LogP contribution >= 0.6 is 0 Å². The number of piperidine rings is 1. The molecule has 1 fully saturated rings. The van der Waals surface area contributed by atoms with Gasteiger partial charge in [0.1, 0.15) is 0 Å². The van der Waals surface area contributed by atoms with Crippen LogP contribution in [0.15, 0.2) is 42.5 Å². The van der Waals surface area contributed by atoms with Gasteiger partial charge < -0.3 is 5.73 Å². The van der Waals surface area contributed by atoms with Crippen LogP contribution in [0.5, 0.6) is 0 Å². The van der Waals surface area contributed by atoms with Crippen molar-refractivity contribution in [3.63, 3.8) is 0 Å². The summed E-state index contributed by atoms with van der Waals surface area (Å²) in [5.74, 6) is 0. The van der Waals surface area contributed by atoms with Crippen molar-refractivity contribution >= 4 is 10.8 Å². The molecule has 1 saturated heterocycles. The van der Waals surface area contributed by atoms with Crippen LogP contribution in [0.1, 0.15) is 38.3 Å². The maximum Gasteiger partial charge on any atom is 0.0502 e. The molecule has 1 aliphatic rings. The second kappa shape index (κ2) is 5.55. The van der Waals surface area contributed by atoms with Gasteiger partial charge in [0.25, 0.3) is 0 Å². The first kappa shape index (κ1) is 13.6. The SMILES string of the molecule is CC(C)N1CCCC(N)C1c1ccc2ccccc2c1. The quantitative estimate of drug-likeness (QED) is 0.899. The topological polar surface area (TPSA) is 29.3 Å². The molecule has 2 N–H and O–H groups in total. The average molecular weight is 268 g/mol. The predicted molar refractivity (Wildman–Crippen MR) is 85.7 cm³/mol. The molecular weight excluding hydrogens is 244 g/mol. The maximum absolute atomic E-state index is 6.44. The molecule has 3 rings (SSSR count). The van der Waals surface area contributed by atoms with Gasteiger partial charge in [0.15, 0.2) is 0 Å². The summed E-state index contributed by atoms with van der Waals surface area (Å²) in [7, 11) is 0. The molecule has 106 valence electrons. The molecule has 0 aliphatic carbocycles. The summed E-state index contributed by atoms with van der Waals surface area (Å²) in [5.41, 5.74) is 7.81. The van der Waals surface area contributed by atoms with E-state index in [0.717, 1.165) is 13.0 Å².